The molecular formula is C23H24FN5O2. The molecule has 1 spiro atoms. The van der Waals surface area contributed by atoms with E-state index in [0.717, 1.165) is 13.1 Å². The van der Waals surface area contributed by atoms with Crippen LogP contribution in [0.3, 0.4) is 0 Å². The van der Waals surface area contributed by atoms with Crippen LogP contribution in [0.1, 0.15) is 19.4 Å². The number of halogens is 1. The summed E-state index contributed by atoms with van der Waals surface area (Å²) in [6, 6.07) is 11.1. The molecule has 1 N–H and O–H groups in total. The molecule has 8 heteroatoms. The number of likely N-dealkylation sites (tertiary alicyclic amines) is 1. The molecule has 1 amide bonds. The van der Waals surface area contributed by atoms with Gasteiger partial charge in [0.15, 0.2) is 5.60 Å². The van der Waals surface area contributed by atoms with Crippen molar-refractivity contribution in [3.8, 4) is 0 Å². The third-order valence-corrected chi connectivity index (χ3v) is 6.06. The van der Waals surface area contributed by atoms with Crippen LogP contribution in [0.25, 0.3) is 10.9 Å². The van der Waals surface area contributed by atoms with E-state index < -0.39 is 5.60 Å². The summed E-state index contributed by atoms with van der Waals surface area (Å²) in [5, 5.41) is 3.78. The standard InChI is InChI=1S/C23H24FN5O2/c1-14(2)28-10-23(11-28)12-29(22(30)31-23)16-7-8-18-17(9-16)21(26-13-25-18)27-19-6-4-5-15(3)20(19)24/h4-9,13-14H,10-12H2,1-3H3,(H,25,26,27). The summed E-state index contributed by atoms with van der Waals surface area (Å²) < 4.78 is 20.3. The Labute approximate surface area is 179 Å². The third kappa shape index (κ3) is 3.37. The van der Waals surface area contributed by atoms with Crippen LogP contribution in [0.4, 0.5) is 26.4 Å². The average molecular weight is 421 g/mol. The first kappa shape index (κ1) is 19.7. The van der Waals surface area contributed by atoms with E-state index in [1.54, 1.807) is 30.0 Å². The van der Waals surface area contributed by atoms with Crippen LogP contribution >= 0.6 is 0 Å². The quantitative estimate of drug-likeness (QED) is 0.680. The van der Waals surface area contributed by atoms with Gasteiger partial charge in [0.25, 0.3) is 0 Å². The predicted molar refractivity (Wildman–Crippen MR) is 117 cm³/mol. The molecule has 0 radical (unpaired) electrons. The summed E-state index contributed by atoms with van der Waals surface area (Å²) in [4.78, 5) is 25.2. The van der Waals surface area contributed by atoms with E-state index in [0.29, 0.717) is 46.2 Å². The van der Waals surface area contributed by atoms with Gasteiger partial charge in [-0.3, -0.25) is 9.80 Å². The minimum Gasteiger partial charge on any atom is -0.438 e. The van der Waals surface area contributed by atoms with Crippen molar-refractivity contribution >= 4 is 34.2 Å². The molecule has 1 aromatic heterocycles. The highest BCUT2D eigenvalue weighted by Gasteiger charge is 2.54. The molecule has 160 valence electrons. The summed E-state index contributed by atoms with van der Waals surface area (Å²) >= 11 is 0. The summed E-state index contributed by atoms with van der Waals surface area (Å²) in [5.41, 5.74) is 1.85. The van der Waals surface area contributed by atoms with Gasteiger partial charge in [-0.05, 0) is 50.6 Å². The number of aryl methyl sites for hydroxylation is 1. The van der Waals surface area contributed by atoms with Crippen LogP contribution in [0.2, 0.25) is 0 Å². The number of carbonyl (C=O) groups is 1. The Morgan fingerprint density at radius 3 is 2.74 bits per heavy atom. The number of fused-ring (bicyclic) bond motifs is 1. The highest BCUT2D eigenvalue weighted by Crippen LogP contribution is 2.37. The summed E-state index contributed by atoms with van der Waals surface area (Å²) in [5.74, 6) is 0.156. The number of carbonyl (C=O) groups excluding carboxylic acids is 1. The lowest BCUT2D eigenvalue weighted by Crippen LogP contribution is -2.65. The van der Waals surface area contributed by atoms with Crippen LogP contribution in [0.15, 0.2) is 42.7 Å². The van der Waals surface area contributed by atoms with Gasteiger partial charge in [0.05, 0.1) is 17.7 Å². The van der Waals surface area contributed by atoms with Crippen molar-refractivity contribution in [2.24, 2.45) is 0 Å². The molecule has 2 aliphatic heterocycles. The number of ether oxygens (including phenoxy) is 1. The van der Waals surface area contributed by atoms with Crippen LogP contribution in [0, 0.1) is 12.7 Å². The van der Waals surface area contributed by atoms with Crippen molar-refractivity contribution in [1.82, 2.24) is 14.9 Å². The van der Waals surface area contributed by atoms with Gasteiger partial charge in [-0.15, -0.1) is 0 Å². The molecule has 2 fully saturated rings. The van der Waals surface area contributed by atoms with E-state index in [1.807, 2.05) is 18.2 Å². The molecule has 31 heavy (non-hydrogen) atoms. The second-order valence-electron chi connectivity index (χ2n) is 8.62. The van der Waals surface area contributed by atoms with Crippen molar-refractivity contribution < 1.29 is 13.9 Å². The molecule has 0 bridgehead atoms. The van der Waals surface area contributed by atoms with E-state index >= 15 is 0 Å². The number of nitrogens with zero attached hydrogens (tertiary/aromatic N) is 4. The van der Waals surface area contributed by atoms with E-state index in [1.165, 1.54) is 6.33 Å². The molecule has 3 heterocycles. The van der Waals surface area contributed by atoms with Crippen molar-refractivity contribution in [3.05, 3.63) is 54.1 Å². The number of anilines is 3. The monoisotopic (exact) mass is 421 g/mol. The number of hydrogen-bond donors (Lipinski definition) is 1. The number of benzene rings is 2. The zero-order chi connectivity index (χ0) is 21.8. The maximum atomic E-state index is 14.5. The smallest absolute Gasteiger partial charge is 0.415 e. The average Bonchev–Trinajstić information content (AvgIpc) is 3.08. The highest BCUT2D eigenvalue weighted by molar-refractivity contribution is 5.97. The zero-order valence-corrected chi connectivity index (χ0v) is 17.7. The van der Waals surface area contributed by atoms with Gasteiger partial charge in [-0.25, -0.2) is 19.2 Å². The third-order valence-electron chi connectivity index (χ3n) is 6.06. The molecule has 3 aromatic rings. The van der Waals surface area contributed by atoms with Gasteiger partial charge < -0.3 is 10.1 Å². The number of hydrogen-bond acceptors (Lipinski definition) is 6. The van der Waals surface area contributed by atoms with Crippen LogP contribution in [-0.2, 0) is 4.74 Å². The van der Waals surface area contributed by atoms with Gasteiger partial charge in [0.1, 0.15) is 18.0 Å². The number of rotatable bonds is 4. The van der Waals surface area contributed by atoms with Gasteiger partial charge in [0, 0.05) is 30.2 Å². The predicted octanol–water partition coefficient (Wildman–Crippen LogP) is 4.24. The fraction of sp³-hybridized carbons (Fsp3) is 0.348. The van der Waals surface area contributed by atoms with E-state index in [2.05, 4.69) is 34.0 Å². The fourth-order valence-corrected chi connectivity index (χ4v) is 4.23. The van der Waals surface area contributed by atoms with Gasteiger partial charge in [0.2, 0.25) is 0 Å². The zero-order valence-electron chi connectivity index (χ0n) is 17.7. The summed E-state index contributed by atoms with van der Waals surface area (Å²) in [7, 11) is 0. The Morgan fingerprint density at radius 2 is 1.97 bits per heavy atom. The maximum Gasteiger partial charge on any atom is 0.415 e. The molecule has 5 rings (SSSR count). The molecule has 0 atom stereocenters. The lowest BCUT2D eigenvalue weighted by molar-refractivity contribution is -0.0856. The Morgan fingerprint density at radius 1 is 1.16 bits per heavy atom. The minimum absolute atomic E-state index is 0.324. The lowest BCUT2D eigenvalue weighted by Gasteiger charge is -2.47. The van der Waals surface area contributed by atoms with Gasteiger partial charge in [-0.2, -0.15) is 0 Å². The second kappa shape index (κ2) is 7.16. The maximum absolute atomic E-state index is 14.5. The SMILES string of the molecule is Cc1cccc(Nc2ncnc3ccc(N4CC5(CN(C(C)C)C5)OC4=O)cc23)c1F. The van der Waals surface area contributed by atoms with Crippen molar-refractivity contribution in [3.63, 3.8) is 0 Å². The first-order chi connectivity index (χ1) is 14.8. The van der Waals surface area contributed by atoms with Gasteiger partial charge >= 0.3 is 6.09 Å². The Hall–Kier alpha value is -3.26. The minimum atomic E-state index is -0.449. The normalized spacial score (nSPS) is 18.0. The first-order valence-electron chi connectivity index (χ1n) is 10.4. The number of amides is 1. The fourth-order valence-electron chi connectivity index (χ4n) is 4.23. The van der Waals surface area contributed by atoms with E-state index in [4.69, 9.17) is 4.74 Å². The van der Waals surface area contributed by atoms with Crippen molar-refractivity contribution in [2.45, 2.75) is 32.4 Å². The molecule has 2 aliphatic rings. The molecular weight excluding hydrogens is 397 g/mol. The highest BCUT2D eigenvalue weighted by atomic mass is 19.1. The molecule has 0 unspecified atom stereocenters. The van der Waals surface area contributed by atoms with Crippen molar-refractivity contribution in [1.29, 1.82) is 0 Å². The topological polar surface area (TPSA) is 70.6 Å². The molecule has 2 saturated heterocycles. The Kier molecular flexibility index (Phi) is 4.55. The Balaban J connectivity index is 1.46. The first-order valence-corrected chi connectivity index (χ1v) is 10.4. The molecule has 2 aromatic carbocycles. The molecule has 0 saturated carbocycles. The van der Waals surface area contributed by atoms with Crippen molar-refractivity contribution in [2.75, 3.05) is 29.9 Å². The number of nitrogens with one attached hydrogen (secondary N) is 1. The molecule has 7 nitrogen and oxygen atoms in total. The second-order valence-corrected chi connectivity index (χ2v) is 8.62. The number of aromatic nitrogens is 2. The summed E-state index contributed by atoms with van der Waals surface area (Å²) in [6.07, 6.45) is 1.09. The summed E-state index contributed by atoms with van der Waals surface area (Å²) in [6.45, 7) is 7.97. The van der Waals surface area contributed by atoms with Crippen LogP contribution < -0.4 is 10.2 Å². The lowest BCUT2D eigenvalue weighted by atomic mass is 9.92. The van der Waals surface area contributed by atoms with Gasteiger partial charge in [-0.1, -0.05) is 12.1 Å². The largest absolute Gasteiger partial charge is 0.438 e. The Bertz CT molecular complexity index is 1180. The van der Waals surface area contributed by atoms with E-state index in [9.17, 15) is 9.18 Å². The van der Waals surface area contributed by atoms with Crippen LogP contribution in [0.5, 0.6) is 0 Å². The molecule has 0 aliphatic carbocycles. The van der Waals surface area contributed by atoms with E-state index in [-0.39, 0.29) is 11.9 Å². The van der Waals surface area contributed by atoms with Crippen LogP contribution in [-0.4, -0.2) is 52.2 Å².